The Hall–Kier alpha value is 0.0600. The predicted octanol–water partition coefficient (Wildman–Crippen LogP) is 2.51. The van der Waals surface area contributed by atoms with E-state index >= 15 is 0 Å². The van der Waals surface area contributed by atoms with Gasteiger partial charge < -0.3 is 5.73 Å². The van der Waals surface area contributed by atoms with E-state index in [4.69, 9.17) is 5.73 Å². The molecule has 2 fully saturated rings. The predicted molar refractivity (Wildman–Crippen MR) is 84.5 cm³/mol. The minimum absolute atomic E-state index is 0.187. The Balaban J connectivity index is 1.77. The van der Waals surface area contributed by atoms with Crippen LogP contribution in [0.2, 0.25) is 0 Å². The van der Waals surface area contributed by atoms with Gasteiger partial charge in [0.1, 0.15) is 0 Å². The fourth-order valence-electron chi connectivity index (χ4n) is 3.87. The molecule has 2 aliphatic rings. The number of halogens is 1. The molecule has 1 aromatic rings. The highest BCUT2D eigenvalue weighted by atomic mass is 79.9. The molecule has 0 bridgehead atoms. The van der Waals surface area contributed by atoms with Crippen molar-refractivity contribution in [3.63, 3.8) is 0 Å². The molecule has 0 radical (unpaired) electrons. The summed E-state index contributed by atoms with van der Waals surface area (Å²) in [6.07, 6.45) is 3.87. The lowest BCUT2D eigenvalue weighted by Crippen LogP contribution is -2.58. The van der Waals surface area contributed by atoms with Crippen molar-refractivity contribution in [3.8, 4) is 0 Å². The van der Waals surface area contributed by atoms with Gasteiger partial charge in [-0.1, -0.05) is 0 Å². The summed E-state index contributed by atoms with van der Waals surface area (Å²) in [6.45, 7) is 4.28. The van der Waals surface area contributed by atoms with Crippen LogP contribution in [0.3, 0.4) is 0 Å². The molecule has 106 valence electrons. The van der Waals surface area contributed by atoms with E-state index in [1.165, 1.54) is 41.7 Å². The molecular formula is C14H22BrN3S. The molecule has 19 heavy (non-hydrogen) atoms. The van der Waals surface area contributed by atoms with Gasteiger partial charge in [-0.25, -0.2) is 0 Å². The van der Waals surface area contributed by atoms with Crippen molar-refractivity contribution in [2.45, 2.75) is 37.4 Å². The van der Waals surface area contributed by atoms with Gasteiger partial charge >= 0.3 is 0 Å². The molecule has 2 saturated heterocycles. The minimum atomic E-state index is 0.187. The highest BCUT2D eigenvalue weighted by molar-refractivity contribution is 9.10. The fraction of sp³-hybridized carbons (Fsp3) is 0.714. The third-order valence-electron chi connectivity index (χ3n) is 4.94. The van der Waals surface area contributed by atoms with Gasteiger partial charge in [0.25, 0.3) is 0 Å². The molecule has 0 aromatic carbocycles. The van der Waals surface area contributed by atoms with Crippen LogP contribution in [0.5, 0.6) is 0 Å². The summed E-state index contributed by atoms with van der Waals surface area (Å²) in [5.41, 5.74) is 6.40. The average molecular weight is 344 g/mol. The molecule has 3 nitrogen and oxygen atoms in total. The molecule has 3 rings (SSSR count). The van der Waals surface area contributed by atoms with Crippen LogP contribution in [0.25, 0.3) is 0 Å². The normalized spacial score (nSPS) is 31.3. The quantitative estimate of drug-likeness (QED) is 0.911. The van der Waals surface area contributed by atoms with Crippen LogP contribution in [-0.4, -0.2) is 48.1 Å². The van der Waals surface area contributed by atoms with Crippen LogP contribution in [0.4, 0.5) is 0 Å². The summed E-state index contributed by atoms with van der Waals surface area (Å²) >= 11 is 5.37. The lowest BCUT2D eigenvalue weighted by molar-refractivity contribution is 0.0850. The highest BCUT2D eigenvalue weighted by Gasteiger charge is 2.50. The third kappa shape index (κ3) is 2.40. The van der Waals surface area contributed by atoms with E-state index in [-0.39, 0.29) is 5.54 Å². The first-order chi connectivity index (χ1) is 9.15. The first-order valence-corrected chi connectivity index (χ1v) is 8.71. The van der Waals surface area contributed by atoms with Crippen molar-refractivity contribution >= 4 is 27.3 Å². The number of fused-ring (bicyclic) bond motifs is 1. The summed E-state index contributed by atoms with van der Waals surface area (Å²) in [7, 11) is 2.25. The maximum absolute atomic E-state index is 6.21. The van der Waals surface area contributed by atoms with Crippen LogP contribution in [-0.2, 0) is 6.54 Å². The van der Waals surface area contributed by atoms with Gasteiger partial charge in [-0.3, -0.25) is 9.80 Å². The van der Waals surface area contributed by atoms with E-state index in [2.05, 4.69) is 44.2 Å². The Morgan fingerprint density at radius 3 is 3.11 bits per heavy atom. The number of rotatable bonds is 4. The largest absolute Gasteiger partial charge is 0.329 e. The second kappa shape index (κ2) is 5.45. The van der Waals surface area contributed by atoms with Gasteiger partial charge in [-0.15, -0.1) is 11.3 Å². The summed E-state index contributed by atoms with van der Waals surface area (Å²) in [5, 5.41) is 2.16. The zero-order valence-electron chi connectivity index (χ0n) is 11.4. The Labute approximate surface area is 127 Å². The van der Waals surface area contributed by atoms with Crippen LogP contribution < -0.4 is 5.73 Å². The molecule has 1 aromatic heterocycles. The average Bonchev–Trinajstić information content (AvgIpc) is 3.05. The van der Waals surface area contributed by atoms with Crippen molar-refractivity contribution in [3.05, 3.63) is 20.8 Å². The Bertz CT molecular complexity index is 450. The smallest absolute Gasteiger partial charge is 0.0499 e. The van der Waals surface area contributed by atoms with Crippen molar-refractivity contribution < 1.29 is 0 Å². The van der Waals surface area contributed by atoms with Gasteiger partial charge in [0.15, 0.2) is 0 Å². The molecule has 0 amide bonds. The molecule has 5 heteroatoms. The fourth-order valence-corrected chi connectivity index (χ4v) is 5.38. The van der Waals surface area contributed by atoms with E-state index in [9.17, 15) is 0 Å². The second-order valence-electron chi connectivity index (χ2n) is 5.84. The summed E-state index contributed by atoms with van der Waals surface area (Å²) in [6, 6.07) is 2.90. The zero-order valence-corrected chi connectivity index (χ0v) is 13.8. The molecule has 0 saturated carbocycles. The van der Waals surface area contributed by atoms with Crippen molar-refractivity contribution in [1.29, 1.82) is 0 Å². The first kappa shape index (κ1) is 14.0. The maximum Gasteiger partial charge on any atom is 0.0499 e. The standard InChI is InChI=1S/C14H22BrN3S/c1-17(8-12-7-11(15)9-19-12)14(10-16)4-6-18-5-2-3-13(14)18/h7,9,13H,2-6,8,10,16H2,1H3. The van der Waals surface area contributed by atoms with Crippen molar-refractivity contribution in [2.75, 3.05) is 26.7 Å². The van der Waals surface area contributed by atoms with Gasteiger partial charge in [-0.2, -0.15) is 0 Å². The number of nitrogens with two attached hydrogens (primary N) is 1. The number of hydrogen-bond acceptors (Lipinski definition) is 4. The van der Waals surface area contributed by atoms with Gasteiger partial charge in [0.05, 0.1) is 0 Å². The number of thiophene rings is 1. The molecule has 2 atom stereocenters. The molecule has 2 aliphatic heterocycles. The summed E-state index contributed by atoms with van der Waals surface area (Å²) in [5.74, 6) is 0. The van der Waals surface area contributed by atoms with Crippen LogP contribution in [0.15, 0.2) is 15.9 Å². The molecule has 3 heterocycles. The molecule has 2 N–H and O–H groups in total. The van der Waals surface area contributed by atoms with Crippen molar-refractivity contribution in [1.82, 2.24) is 9.80 Å². The molecular weight excluding hydrogens is 322 g/mol. The van der Waals surface area contributed by atoms with Crippen LogP contribution in [0, 0.1) is 0 Å². The molecule has 0 aliphatic carbocycles. The Morgan fingerprint density at radius 1 is 1.58 bits per heavy atom. The molecule has 2 unspecified atom stereocenters. The minimum Gasteiger partial charge on any atom is -0.329 e. The van der Waals surface area contributed by atoms with Crippen LogP contribution in [0.1, 0.15) is 24.1 Å². The second-order valence-corrected chi connectivity index (χ2v) is 7.75. The van der Waals surface area contributed by atoms with E-state index in [1.807, 2.05) is 11.3 Å². The Morgan fingerprint density at radius 2 is 2.42 bits per heavy atom. The lowest BCUT2D eigenvalue weighted by Gasteiger charge is -2.42. The van der Waals surface area contributed by atoms with E-state index in [0.29, 0.717) is 6.04 Å². The van der Waals surface area contributed by atoms with E-state index in [0.717, 1.165) is 13.1 Å². The van der Waals surface area contributed by atoms with Gasteiger partial charge in [-0.05, 0) is 54.9 Å². The Kier molecular flexibility index (Phi) is 4.02. The molecule has 0 spiro atoms. The van der Waals surface area contributed by atoms with Crippen molar-refractivity contribution in [2.24, 2.45) is 5.73 Å². The summed E-state index contributed by atoms with van der Waals surface area (Å²) in [4.78, 5) is 6.58. The van der Waals surface area contributed by atoms with E-state index in [1.54, 1.807) is 0 Å². The van der Waals surface area contributed by atoms with Crippen LogP contribution >= 0.6 is 27.3 Å². The SMILES string of the molecule is CN(Cc1cc(Br)cs1)C1(CN)CCN2CCCC21. The van der Waals surface area contributed by atoms with Gasteiger partial charge in [0, 0.05) is 45.9 Å². The third-order valence-corrected chi connectivity index (χ3v) is 6.63. The first-order valence-electron chi connectivity index (χ1n) is 7.04. The zero-order chi connectivity index (χ0) is 13.5. The number of nitrogens with zero attached hydrogens (tertiary/aromatic N) is 2. The topological polar surface area (TPSA) is 32.5 Å². The number of likely N-dealkylation sites (N-methyl/N-ethyl adjacent to an activating group) is 1. The maximum atomic E-state index is 6.21. The monoisotopic (exact) mass is 343 g/mol. The van der Waals surface area contributed by atoms with E-state index < -0.39 is 0 Å². The summed E-state index contributed by atoms with van der Waals surface area (Å²) < 4.78 is 1.19. The number of hydrogen-bond donors (Lipinski definition) is 1. The highest BCUT2D eigenvalue weighted by Crippen LogP contribution is 2.40. The van der Waals surface area contributed by atoms with Gasteiger partial charge in [0.2, 0.25) is 0 Å². The lowest BCUT2D eigenvalue weighted by atomic mass is 9.87.